The normalized spacial score (nSPS) is 16.3. The molecule has 1 saturated heterocycles. The highest BCUT2D eigenvalue weighted by atomic mass is 32.1. The maximum atomic E-state index is 13.4. The number of likely N-dealkylation sites (tertiary alicyclic amines) is 1. The van der Waals surface area contributed by atoms with Gasteiger partial charge < -0.3 is 9.80 Å². The number of hydrogen-bond acceptors (Lipinski definition) is 4. The Morgan fingerprint density at radius 2 is 2.00 bits per heavy atom. The lowest BCUT2D eigenvalue weighted by Crippen LogP contribution is -2.29. The number of hydrogen-bond donors (Lipinski definition) is 0. The molecule has 0 radical (unpaired) electrons. The average molecular weight is 408 g/mol. The third-order valence-electron chi connectivity index (χ3n) is 5.65. The van der Waals surface area contributed by atoms with Crippen molar-refractivity contribution >= 4 is 33.2 Å². The molecular formula is C23H25N3O2S. The van der Waals surface area contributed by atoms with Crippen molar-refractivity contribution in [3.05, 3.63) is 64.8 Å². The minimum Gasteiger partial charge on any atom is -0.342 e. The van der Waals surface area contributed by atoms with E-state index in [1.807, 2.05) is 42.3 Å². The quantitative estimate of drug-likeness (QED) is 0.644. The summed E-state index contributed by atoms with van der Waals surface area (Å²) in [6.45, 7) is 3.68. The first-order valence-corrected chi connectivity index (χ1v) is 10.8. The highest BCUT2D eigenvalue weighted by Gasteiger charge is 2.32. The van der Waals surface area contributed by atoms with Gasteiger partial charge in [0, 0.05) is 62.5 Å². The lowest BCUT2D eigenvalue weighted by atomic mass is 9.95. The summed E-state index contributed by atoms with van der Waals surface area (Å²) < 4.78 is 1.13. The Hall–Kier alpha value is -2.73. The fourth-order valence-electron chi connectivity index (χ4n) is 4.01. The molecule has 1 aliphatic rings. The van der Waals surface area contributed by atoms with Gasteiger partial charge in [-0.25, -0.2) is 0 Å². The monoisotopic (exact) mass is 407 g/mol. The van der Waals surface area contributed by atoms with Crippen LogP contribution in [-0.4, -0.2) is 53.3 Å². The number of thiophene rings is 1. The molecular weight excluding hydrogens is 382 g/mol. The van der Waals surface area contributed by atoms with E-state index < -0.39 is 0 Å². The van der Waals surface area contributed by atoms with Gasteiger partial charge in [0.25, 0.3) is 5.91 Å². The second-order valence-corrected chi connectivity index (χ2v) is 8.64. The Balaban J connectivity index is 1.61. The van der Waals surface area contributed by atoms with E-state index in [1.165, 1.54) is 0 Å². The summed E-state index contributed by atoms with van der Waals surface area (Å²) >= 11 is 1.57. The Kier molecular flexibility index (Phi) is 5.62. The summed E-state index contributed by atoms with van der Waals surface area (Å²) in [5.74, 6) is 0.365. The summed E-state index contributed by atoms with van der Waals surface area (Å²) in [5, 5.41) is 1.15. The maximum Gasteiger partial charge on any atom is 0.264 e. The number of pyridine rings is 1. The van der Waals surface area contributed by atoms with E-state index in [0.29, 0.717) is 13.1 Å². The highest BCUT2D eigenvalue weighted by Crippen LogP contribution is 2.40. The Labute approximate surface area is 175 Å². The molecule has 0 bridgehead atoms. The molecule has 0 N–H and O–H groups in total. The average Bonchev–Trinajstić information content (AvgIpc) is 3.36. The van der Waals surface area contributed by atoms with Crippen LogP contribution in [0.15, 0.2) is 48.7 Å². The zero-order valence-corrected chi connectivity index (χ0v) is 17.6. The lowest BCUT2D eigenvalue weighted by Gasteiger charge is -2.19. The van der Waals surface area contributed by atoms with Crippen LogP contribution in [0.4, 0.5) is 0 Å². The van der Waals surface area contributed by atoms with Crippen LogP contribution in [0, 0.1) is 0 Å². The standard InChI is InChI=1S/C23H25N3O2S/c1-16(27)26-14-10-17(15-26)21-19-8-3-4-9-20(19)29-22(21)23(28)25(2)13-11-18-7-5-6-12-24-18/h3-9,12,17H,10-11,13-15H2,1-2H3/t17-/m1/s1. The number of fused-ring (bicyclic) bond motifs is 1. The predicted molar refractivity (Wildman–Crippen MR) is 116 cm³/mol. The van der Waals surface area contributed by atoms with Gasteiger partial charge in [-0.1, -0.05) is 24.3 Å². The van der Waals surface area contributed by atoms with Crippen LogP contribution in [0.5, 0.6) is 0 Å². The van der Waals surface area contributed by atoms with Crippen molar-refractivity contribution in [3.63, 3.8) is 0 Å². The van der Waals surface area contributed by atoms with E-state index in [9.17, 15) is 9.59 Å². The van der Waals surface area contributed by atoms with Gasteiger partial charge in [0.1, 0.15) is 0 Å². The molecule has 29 heavy (non-hydrogen) atoms. The molecule has 0 unspecified atom stereocenters. The molecule has 2 amide bonds. The summed E-state index contributed by atoms with van der Waals surface area (Å²) in [7, 11) is 1.86. The SMILES string of the molecule is CC(=O)N1CC[C@@H](c2c(C(=O)N(C)CCc3ccccn3)sc3ccccc23)C1. The summed E-state index contributed by atoms with van der Waals surface area (Å²) in [5.41, 5.74) is 2.10. The zero-order chi connectivity index (χ0) is 20.4. The molecule has 0 saturated carbocycles. The maximum absolute atomic E-state index is 13.4. The van der Waals surface area contributed by atoms with E-state index >= 15 is 0 Å². The molecule has 1 atom stereocenters. The smallest absolute Gasteiger partial charge is 0.264 e. The summed E-state index contributed by atoms with van der Waals surface area (Å²) in [6.07, 6.45) is 3.41. The molecule has 150 valence electrons. The van der Waals surface area contributed by atoms with Crippen LogP contribution in [0.2, 0.25) is 0 Å². The lowest BCUT2D eigenvalue weighted by molar-refractivity contribution is -0.127. The number of carbonyl (C=O) groups is 2. The van der Waals surface area contributed by atoms with Crippen molar-refractivity contribution < 1.29 is 9.59 Å². The van der Waals surface area contributed by atoms with Gasteiger partial charge in [-0.3, -0.25) is 14.6 Å². The first-order chi connectivity index (χ1) is 14.0. The van der Waals surface area contributed by atoms with Gasteiger partial charge in [-0.15, -0.1) is 11.3 Å². The van der Waals surface area contributed by atoms with E-state index in [1.54, 1.807) is 29.4 Å². The Bertz CT molecular complexity index is 1030. The number of carbonyl (C=O) groups excluding carboxylic acids is 2. The molecule has 6 heteroatoms. The van der Waals surface area contributed by atoms with E-state index in [4.69, 9.17) is 0 Å². The van der Waals surface area contributed by atoms with Crippen LogP contribution >= 0.6 is 11.3 Å². The van der Waals surface area contributed by atoms with Crippen molar-refractivity contribution in [1.29, 1.82) is 0 Å². The van der Waals surface area contributed by atoms with Crippen LogP contribution in [0.1, 0.15) is 40.2 Å². The molecule has 3 aromatic rings. The minimum atomic E-state index is 0.0541. The molecule has 0 aliphatic carbocycles. The topological polar surface area (TPSA) is 53.5 Å². The van der Waals surface area contributed by atoms with Crippen LogP contribution < -0.4 is 0 Å². The second kappa shape index (κ2) is 8.33. The van der Waals surface area contributed by atoms with Crippen molar-refractivity contribution in [1.82, 2.24) is 14.8 Å². The van der Waals surface area contributed by atoms with Crippen molar-refractivity contribution in [2.24, 2.45) is 0 Å². The third kappa shape index (κ3) is 4.03. The van der Waals surface area contributed by atoms with Gasteiger partial charge in [-0.2, -0.15) is 0 Å². The molecule has 5 nitrogen and oxygen atoms in total. The number of nitrogens with zero attached hydrogens (tertiary/aromatic N) is 3. The van der Waals surface area contributed by atoms with Gasteiger partial charge in [-0.05, 0) is 35.6 Å². The van der Waals surface area contributed by atoms with Gasteiger partial charge >= 0.3 is 0 Å². The fraction of sp³-hybridized carbons (Fsp3) is 0.348. The van der Waals surface area contributed by atoms with Crippen LogP contribution in [0.25, 0.3) is 10.1 Å². The number of rotatable bonds is 5. The number of aromatic nitrogens is 1. The molecule has 3 heterocycles. The van der Waals surface area contributed by atoms with E-state index in [2.05, 4.69) is 17.1 Å². The number of amides is 2. The van der Waals surface area contributed by atoms with Crippen LogP contribution in [-0.2, 0) is 11.2 Å². The largest absolute Gasteiger partial charge is 0.342 e. The minimum absolute atomic E-state index is 0.0541. The summed E-state index contributed by atoms with van der Waals surface area (Å²) in [4.78, 5) is 34.0. The van der Waals surface area contributed by atoms with E-state index in [0.717, 1.165) is 45.6 Å². The molecule has 1 aliphatic heterocycles. The third-order valence-corrected chi connectivity index (χ3v) is 6.82. The first-order valence-electron chi connectivity index (χ1n) is 9.97. The van der Waals surface area contributed by atoms with Crippen molar-refractivity contribution in [2.75, 3.05) is 26.7 Å². The molecule has 1 fully saturated rings. The zero-order valence-electron chi connectivity index (χ0n) is 16.8. The van der Waals surface area contributed by atoms with E-state index in [-0.39, 0.29) is 17.7 Å². The Morgan fingerprint density at radius 1 is 1.21 bits per heavy atom. The predicted octanol–water partition coefficient (Wildman–Crippen LogP) is 3.95. The second-order valence-electron chi connectivity index (χ2n) is 7.59. The molecule has 4 rings (SSSR count). The number of likely N-dealkylation sites (N-methyl/N-ethyl adjacent to an activating group) is 1. The van der Waals surface area contributed by atoms with Gasteiger partial charge in [0.2, 0.25) is 5.91 Å². The fourth-order valence-corrected chi connectivity index (χ4v) is 5.30. The molecule has 0 spiro atoms. The Morgan fingerprint density at radius 3 is 2.72 bits per heavy atom. The number of benzene rings is 1. The highest BCUT2D eigenvalue weighted by molar-refractivity contribution is 7.21. The molecule has 1 aromatic carbocycles. The van der Waals surface area contributed by atoms with Crippen molar-refractivity contribution in [2.45, 2.75) is 25.7 Å². The molecule has 2 aromatic heterocycles. The van der Waals surface area contributed by atoms with Crippen molar-refractivity contribution in [3.8, 4) is 0 Å². The summed E-state index contributed by atoms with van der Waals surface area (Å²) in [6, 6.07) is 14.1. The van der Waals surface area contributed by atoms with Gasteiger partial charge in [0.15, 0.2) is 0 Å². The van der Waals surface area contributed by atoms with Gasteiger partial charge in [0.05, 0.1) is 4.88 Å². The van der Waals surface area contributed by atoms with Crippen LogP contribution in [0.3, 0.4) is 0 Å². The first kappa shape index (κ1) is 19.6.